The fourth-order valence-electron chi connectivity index (χ4n) is 1.78. The number of hydrogen-bond acceptors (Lipinski definition) is 2. The molecule has 2 N–H and O–H groups in total. The largest absolute Gasteiger partial charge is 0.382 e. The highest BCUT2D eigenvalue weighted by Crippen LogP contribution is 2.14. The minimum atomic E-state index is -0.177. The van der Waals surface area contributed by atoms with Crippen LogP contribution in [-0.2, 0) is 0 Å². The van der Waals surface area contributed by atoms with E-state index >= 15 is 0 Å². The van der Waals surface area contributed by atoms with Gasteiger partial charge in [-0.05, 0) is 44.1 Å². The van der Waals surface area contributed by atoms with E-state index in [-0.39, 0.29) is 18.2 Å². The van der Waals surface area contributed by atoms with E-state index < -0.39 is 0 Å². The maximum absolute atomic E-state index is 12.9. The molecule has 0 unspecified atom stereocenters. The third-order valence-corrected chi connectivity index (χ3v) is 2.53. The molecule has 0 aliphatic carbocycles. The van der Waals surface area contributed by atoms with Gasteiger partial charge < -0.3 is 10.6 Å². The Kier molecular flexibility index (Phi) is 4.85. The lowest BCUT2D eigenvalue weighted by Crippen LogP contribution is -2.35. The van der Waals surface area contributed by atoms with Crippen molar-refractivity contribution in [1.29, 1.82) is 0 Å². The Morgan fingerprint density at radius 1 is 1.27 bits per heavy atom. The Hall–Kier alpha value is -0.800. The van der Waals surface area contributed by atoms with Gasteiger partial charge in [-0.3, -0.25) is 0 Å². The predicted molar refractivity (Wildman–Crippen MR) is 63.2 cm³/mol. The quantitative estimate of drug-likeness (QED) is 0.816. The first kappa shape index (κ1) is 12.3. The molecule has 2 nitrogen and oxygen atoms in total. The number of rotatable bonds is 2. The molecule has 1 fully saturated rings. The molecule has 0 spiro atoms. The summed E-state index contributed by atoms with van der Waals surface area (Å²) in [5.74, 6) is -0.177. The third kappa shape index (κ3) is 3.68. The molecular formula is C11H16ClFN2. The molecule has 84 valence electrons. The Labute approximate surface area is 95.7 Å². The van der Waals surface area contributed by atoms with Crippen LogP contribution in [0.1, 0.15) is 12.8 Å². The van der Waals surface area contributed by atoms with Gasteiger partial charge in [0.15, 0.2) is 0 Å². The second kappa shape index (κ2) is 5.93. The zero-order valence-corrected chi connectivity index (χ0v) is 9.32. The van der Waals surface area contributed by atoms with Gasteiger partial charge >= 0.3 is 0 Å². The van der Waals surface area contributed by atoms with E-state index in [1.165, 1.54) is 6.07 Å². The van der Waals surface area contributed by atoms with Crippen molar-refractivity contribution in [3.05, 3.63) is 30.1 Å². The monoisotopic (exact) mass is 230 g/mol. The fourth-order valence-corrected chi connectivity index (χ4v) is 1.78. The van der Waals surface area contributed by atoms with Gasteiger partial charge in [0.2, 0.25) is 0 Å². The Balaban J connectivity index is 0.00000112. The van der Waals surface area contributed by atoms with E-state index in [0.29, 0.717) is 6.04 Å². The van der Waals surface area contributed by atoms with Crippen molar-refractivity contribution >= 4 is 18.1 Å². The molecule has 0 atom stereocenters. The third-order valence-electron chi connectivity index (χ3n) is 2.53. The first-order chi connectivity index (χ1) is 6.84. The molecule has 1 saturated heterocycles. The number of halogens is 2. The van der Waals surface area contributed by atoms with Crippen LogP contribution in [0, 0.1) is 5.82 Å². The molecule has 1 aromatic rings. The lowest BCUT2D eigenvalue weighted by Gasteiger charge is -2.24. The van der Waals surface area contributed by atoms with Gasteiger partial charge in [0, 0.05) is 11.7 Å². The highest BCUT2D eigenvalue weighted by atomic mass is 35.5. The van der Waals surface area contributed by atoms with Crippen molar-refractivity contribution in [2.45, 2.75) is 18.9 Å². The van der Waals surface area contributed by atoms with Crippen LogP contribution in [0.4, 0.5) is 10.1 Å². The van der Waals surface area contributed by atoms with E-state index in [9.17, 15) is 4.39 Å². The first-order valence-corrected chi connectivity index (χ1v) is 5.07. The minimum Gasteiger partial charge on any atom is -0.382 e. The number of piperidine rings is 1. The molecule has 0 amide bonds. The molecule has 2 rings (SSSR count). The first-order valence-electron chi connectivity index (χ1n) is 5.07. The molecule has 0 aromatic heterocycles. The lowest BCUT2D eigenvalue weighted by molar-refractivity contribution is 0.479. The van der Waals surface area contributed by atoms with Crippen molar-refractivity contribution in [3.8, 4) is 0 Å². The van der Waals surface area contributed by atoms with E-state index in [4.69, 9.17) is 0 Å². The van der Waals surface area contributed by atoms with Crippen molar-refractivity contribution in [1.82, 2.24) is 5.32 Å². The van der Waals surface area contributed by atoms with Crippen molar-refractivity contribution < 1.29 is 4.39 Å². The van der Waals surface area contributed by atoms with Crippen LogP contribution in [0.2, 0.25) is 0 Å². The summed E-state index contributed by atoms with van der Waals surface area (Å²) in [6.07, 6.45) is 2.22. The number of hydrogen-bond donors (Lipinski definition) is 2. The zero-order chi connectivity index (χ0) is 9.80. The highest BCUT2D eigenvalue weighted by Gasteiger charge is 2.12. The summed E-state index contributed by atoms with van der Waals surface area (Å²) in [7, 11) is 0. The summed E-state index contributed by atoms with van der Waals surface area (Å²) in [6.45, 7) is 2.10. The van der Waals surface area contributed by atoms with Crippen molar-refractivity contribution in [3.63, 3.8) is 0 Å². The van der Waals surface area contributed by atoms with Crippen LogP contribution in [0.25, 0.3) is 0 Å². The normalized spacial score (nSPS) is 16.9. The number of benzene rings is 1. The lowest BCUT2D eigenvalue weighted by atomic mass is 10.1. The van der Waals surface area contributed by atoms with Crippen LogP contribution in [0.15, 0.2) is 24.3 Å². The van der Waals surface area contributed by atoms with Gasteiger partial charge in [0.1, 0.15) is 5.82 Å². The van der Waals surface area contributed by atoms with Gasteiger partial charge in [-0.2, -0.15) is 0 Å². The molecule has 15 heavy (non-hydrogen) atoms. The van der Waals surface area contributed by atoms with Gasteiger partial charge in [-0.1, -0.05) is 6.07 Å². The Morgan fingerprint density at radius 2 is 2.00 bits per heavy atom. The minimum absolute atomic E-state index is 0. The Bertz CT molecular complexity index is 300. The topological polar surface area (TPSA) is 24.1 Å². The van der Waals surface area contributed by atoms with Crippen LogP contribution < -0.4 is 10.6 Å². The summed E-state index contributed by atoms with van der Waals surface area (Å²) in [5, 5.41) is 6.64. The molecule has 1 heterocycles. The van der Waals surface area contributed by atoms with E-state index in [1.807, 2.05) is 6.07 Å². The molecule has 0 radical (unpaired) electrons. The Morgan fingerprint density at radius 3 is 2.67 bits per heavy atom. The van der Waals surface area contributed by atoms with Crippen molar-refractivity contribution in [2.24, 2.45) is 0 Å². The summed E-state index contributed by atoms with van der Waals surface area (Å²) in [5.41, 5.74) is 0.886. The maximum Gasteiger partial charge on any atom is 0.125 e. The SMILES string of the molecule is Cl.Fc1cccc(NC2CCNCC2)c1. The van der Waals surface area contributed by atoms with Crippen LogP contribution in [-0.4, -0.2) is 19.1 Å². The molecular weight excluding hydrogens is 215 g/mol. The van der Waals surface area contributed by atoms with Gasteiger partial charge in [-0.15, -0.1) is 12.4 Å². The maximum atomic E-state index is 12.9. The number of anilines is 1. The number of nitrogens with one attached hydrogen (secondary N) is 2. The molecule has 0 saturated carbocycles. The second-order valence-corrected chi connectivity index (χ2v) is 3.68. The van der Waals surface area contributed by atoms with Gasteiger partial charge in [-0.25, -0.2) is 4.39 Å². The molecule has 1 aliphatic heterocycles. The molecule has 1 aromatic carbocycles. The summed E-state index contributed by atoms with van der Waals surface area (Å²) in [6, 6.07) is 7.14. The smallest absolute Gasteiger partial charge is 0.125 e. The predicted octanol–water partition coefficient (Wildman–Crippen LogP) is 2.41. The molecule has 4 heteroatoms. The van der Waals surface area contributed by atoms with Gasteiger partial charge in [0.05, 0.1) is 0 Å². The van der Waals surface area contributed by atoms with Crippen LogP contribution in [0.3, 0.4) is 0 Å². The summed E-state index contributed by atoms with van der Waals surface area (Å²) in [4.78, 5) is 0. The van der Waals surface area contributed by atoms with Crippen LogP contribution in [0.5, 0.6) is 0 Å². The summed E-state index contributed by atoms with van der Waals surface area (Å²) < 4.78 is 12.9. The standard InChI is InChI=1S/C11H15FN2.ClH/c12-9-2-1-3-11(8-9)14-10-4-6-13-7-5-10;/h1-3,8,10,13-14H,4-7H2;1H. The molecule has 0 bridgehead atoms. The average Bonchev–Trinajstić information content (AvgIpc) is 2.19. The van der Waals surface area contributed by atoms with E-state index in [2.05, 4.69) is 10.6 Å². The summed E-state index contributed by atoms with van der Waals surface area (Å²) >= 11 is 0. The van der Waals surface area contributed by atoms with Crippen molar-refractivity contribution in [2.75, 3.05) is 18.4 Å². The second-order valence-electron chi connectivity index (χ2n) is 3.68. The van der Waals surface area contributed by atoms with Crippen LogP contribution >= 0.6 is 12.4 Å². The zero-order valence-electron chi connectivity index (χ0n) is 8.50. The fraction of sp³-hybridized carbons (Fsp3) is 0.455. The van der Waals surface area contributed by atoms with Gasteiger partial charge in [0.25, 0.3) is 0 Å². The highest BCUT2D eigenvalue weighted by molar-refractivity contribution is 5.85. The van der Waals surface area contributed by atoms with E-state index in [0.717, 1.165) is 31.6 Å². The molecule has 1 aliphatic rings. The average molecular weight is 231 g/mol. The van der Waals surface area contributed by atoms with E-state index in [1.54, 1.807) is 12.1 Å².